The first-order valence-electron chi connectivity index (χ1n) is 15.3. The van der Waals surface area contributed by atoms with E-state index >= 15 is 0 Å². The van der Waals surface area contributed by atoms with Crippen molar-refractivity contribution in [3.63, 3.8) is 0 Å². The maximum atomic E-state index is 14.2. The summed E-state index contributed by atoms with van der Waals surface area (Å²) in [4.78, 5) is 58.7. The van der Waals surface area contributed by atoms with Crippen LogP contribution < -0.4 is 27.2 Å². The molecule has 2 aliphatic rings. The molecule has 22 nitrogen and oxygen atoms in total. The zero-order valence-corrected chi connectivity index (χ0v) is 28.2. The van der Waals surface area contributed by atoms with E-state index in [1.54, 1.807) is 0 Å². The Bertz CT molecular complexity index is 2000. The van der Waals surface area contributed by atoms with E-state index in [2.05, 4.69) is 30.0 Å². The lowest BCUT2D eigenvalue weighted by Crippen LogP contribution is -2.33. The average Bonchev–Trinajstić information content (AvgIpc) is 3.70. The van der Waals surface area contributed by atoms with E-state index in [0.717, 1.165) is 9.13 Å². The first-order chi connectivity index (χ1) is 24.3. The quantitative estimate of drug-likeness (QED) is 0.0708. The minimum absolute atomic E-state index is 0.0291. The SMILES string of the molecule is COc1ccc(C(O)OP(=O)(OC[C@H]2O[C@@H](n3cc(C)c(=O)[nH]c3=O)C[C@@H]2N=[N+]=[N-])OC[C@H]2O[C@@H](n3cc(C)c(=O)[nH]c3=O)C[C@@H]2N=[N+]=[N-])cc1. The Hall–Kier alpha value is -5.01. The fourth-order valence-corrected chi connectivity index (χ4v) is 6.65. The highest BCUT2D eigenvalue weighted by Gasteiger charge is 2.42. The molecule has 0 saturated carbocycles. The van der Waals surface area contributed by atoms with Crippen LogP contribution in [0.3, 0.4) is 0 Å². The third-order valence-corrected chi connectivity index (χ3v) is 9.53. The van der Waals surface area contributed by atoms with Gasteiger partial charge in [-0.3, -0.25) is 42.3 Å². The van der Waals surface area contributed by atoms with Crippen molar-refractivity contribution in [3.05, 3.63) is 116 Å². The van der Waals surface area contributed by atoms with Crippen molar-refractivity contribution in [1.82, 2.24) is 19.1 Å². The number of aliphatic hydroxyl groups is 1. The van der Waals surface area contributed by atoms with Gasteiger partial charge >= 0.3 is 19.2 Å². The van der Waals surface area contributed by atoms with Crippen LogP contribution in [-0.2, 0) is 27.6 Å². The van der Waals surface area contributed by atoms with E-state index in [9.17, 15) is 39.9 Å². The predicted molar refractivity (Wildman–Crippen MR) is 174 cm³/mol. The first kappa shape index (κ1) is 37.3. The number of benzene rings is 1. The summed E-state index contributed by atoms with van der Waals surface area (Å²) in [7, 11) is -3.39. The second-order valence-corrected chi connectivity index (χ2v) is 13.1. The summed E-state index contributed by atoms with van der Waals surface area (Å²) >= 11 is 0. The van der Waals surface area contributed by atoms with E-state index in [1.807, 2.05) is 0 Å². The number of aromatic amines is 2. The monoisotopic (exact) mass is 732 g/mol. The molecule has 1 unspecified atom stereocenters. The lowest BCUT2D eigenvalue weighted by Gasteiger charge is -2.25. The van der Waals surface area contributed by atoms with Crippen molar-refractivity contribution in [3.8, 4) is 5.75 Å². The summed E-state index contributed by atoms with van der Waals surface area (Å²) in [5.41, 5.74) is 16.2. The molecule has 272 valence electrons. The first-order valence-corrected chi connectivity index (χ1v) is 16.7. The standard InChI is InChI=1S/C28H33N10O12P/c1-14-10-37(27(42)31-24(14)39)22-8-18(33-35-29)20(48-22)12-46-51(44,50-26(41)16-4-6-17(45-3)7-5-16)47-13-21-19(34-36-30)9-23(49-21)38-11-15(2)25(40)32-28(38)43/h4-7,10-11,18-23,26,41H,8-9,12-13H2,1-3H3,(H,31,39,42)(H,32,40,43)/t18-,19-,20+,21+,22+,23+,26?/m0/s1. The van der Waals surface area contributed by atoms with Gasteiger partial charge in [-0.05, 0) is 37.0 Å². The van der Waals surface area contributed by atoms with Crippen LogP contribution in [0.4, 0.5) is 0 Å². The molecule has 3 aromatic rings. The van der Waals surface area contributed by atoms with Crippen molar-refractivity contribution in [2.45, 2.75) is 69.7 Å². The van der Waals surface area contributed by atoms with Crippen molar-refractivity contribution >= 4 is 7.82 Å². The molecule has 2 saturated heterocycles. The van der Waals surface area contributed by atoms with E-state index in [-0.39, 0.29) is 29.5 Å². The molecule has 2 fully saturated rings. The molecule has 7 atom stereocenters. The van der Waals surface area contributed by atoms with Crippen LogP contribution >= 0.6 is 7.82 Å². The van der Waals surface area contributed by atoms with Crippen LogP contribution in [0.2, 0.25) is 0 Å². The number of phosphoric acid groups is 1. The number of aryl methyl sites for hydroxylation is 2. The van der Waals surface area contributed by atoms with Gasteiger partial charge < -0.3 is 19.3 Å². The van der Waals surface area contributed by atoms with Crippen LogP contribution in [0, 0.1) is 13.8 Å². The number of phosphoric ester groups is 1. The number of ether oxygens (including phenoxy) is 3. The number of hydrogen-bond acceptors (Lipinski definition) is 14. The van der Waals surface area contributed by atoms with Gasteiger partial charge in [-0.1, -0.05) is 22.4 Å². The predicted octanol–water partition coefficient (Wildman–Crippen LogP) is 2.49. The molecule has 3 N–H and O–H groups in total. The van der Waals surface area contributed by atoms with Crippen LogP contribution in [0.1, 0.15) is 48.3 Å². The highest BCUT2D eigenvalue weighted by Crippen LogP contribution is 2.54. The number of hydrogen-bond donors (Lipinski definition) is 3. The Balaban J connectivity index is 1.37. The summed E-state index contributed by atoms with van der Waals surface area (Å²) in [5.74, 6) is 0.462. The molecule has 51 heavy (non-hydrogen) atoms. The molecule has 1 aromatic carbocycles. The number of aliphatic hydroxyl groups excluding tert-OH is 1. The van der Waals surface area contributed by atoms with Gasteiger partial charge in [0.2, 0.25) is 0 Å². The molecule has 5 rings (SSSR count). The van der Waals surface area contributed by atoms with Crippen molar-refractivity contribution < 1.29 is 37.5 Å². The fraction of sp³-hybridized carbons (Fsp3) is 0.500. The summed E-state index contributed by atoms with van der Waals surface area (Å²) in [6.45, 7) is 1.75. The Kier molecular flexibility index (Phi) is 11.6. The third kappa shape index (κ3) is 8.66. The largest absolute Gasteiger partial charge is 0.497 e. The van der Waals surface area contributed by atoms with Gasteiger partial charge in [-0.2, -0.15) is 0 Å². The molecule has 0 radical (unpaired) electrons. The number of rotatable bonds is 14. The van der Waals surface area contributed by atoms with Gasteiger partial charge in [0, 0.05) is 51.7 Å². The molecule has 0 amide bonds. The number of azide groups is 2. The molecule has 0 aliphatic carbocycles. The smallest absolute Gasteiger partial charge is 0.477 e. The molecule has 2 aliphatic heterocycles. The summed E-state index contributed by atoms with van der Waals surface area (Å²) in [5, 5.41) is 18.3. The number of nitrogens with one attached hydrogen (secondary N) is 2. The van der Waals surface area contributed by atoms with E-state index in [0.29, 0.717) is 5.75 Å². The molecule has 2 aromatic heterocycles. The molecule has 0 spiro atoms. The van der Waals surface area contributed by atoms with Gasteiger partial charge in [0.05, 0.1) is 44.6 Å². The number of aromatic nitrogens is 4. The Morgan fingerprint density at radius 1 is 0.882 bits per heavy atom. The van der Waals surface area contributed by atoms with Crippen molar-refractivity contribution in [2.75, 3.05) is 20.3 Å². The highest BCUT2D eigenvalue weighted by atomic mass is 31.2. The maximum absolute atomic E-state index is 14.2. The number of H-pyrrole nitrogens is 2. The highest BCUT2D eigenvalue weighted by molar-refractivity contribution is 7.48. The molecule has 23 heteroatoms. The summed E-state index contributed by atoms with van der Waals surface area (Å²) < 4.78 is 50.0. The summed E-state index contributed by atoms with van der Waals surface area (Å²) in [6.07, 6.45) is -3.65. The van der Waals surface area contributed by atoms with Crippen LogP contribution in [0.15, 0.2) is 66.1 Å². The second-order valence-electron chi connectivity index (χ2n) is 11.5. The summed E-state index contributed by atoms with van der Waals surface area (Å²) in [6, 6.07) is 4.00. The Morgan fingerprint density at radius 2 is 1.33 bits per heavy atom. The topological polar surface area (TPSA) is 300 Å². The normalized spacial score (nSPS) is 24.6. The van der Waals surface area contributed by atoms with E-state index in [4.69, 9.17) is 27.8 Å². The third-order valence-electron chi connectivity index (χ3n) is 8.14. The van der Waals surface area contributed by atoms with Crippen LogP contribution in [0.5, 0.6) is 5.75 Å². The van der Waals surface area contributed by atoms with Crippen LogP contribution in [0.25, 0.3) is 20.9 Å². The second kappa shape index (κ2) is 15.9. The van der Waals surface area contributed by atoms with Crippen molar-refractivity contribution in [1.29, 1.82) is 0 Å². The Labute approximate surface area is 286 Å². The van der Waals surface area contributed by atoms with Gasteiger partial charge in [0.25, 0.3) is 11.1 Å². The lowest BCUT2D eigenvalue weighted by atomic mass is 10.1. The zero-order chi connectivity index (χ0) is 36.9. The molecular formula is C28H33N10O12P. The maximum Gasteiger partial charge on any atom is 0.477 e. The van der Waals surface area contributed by atoms with E-state index in [1.165, 1.54) is 57.6 Å². The van der Waals surface area contributed by atoms with Gasteiger partial charge in [0.1, 0.15) is 18.2 Å². The van der Waals surface area contributed by atoms with Gasteiger partial charge in [0.15, 0.2) is 6.29 Å². The minimum Gasteiger partial charge on any atom is -0.497 e. The number of nitrogens with zero attached hydrogens (tertiary/aromatic N) is 8. The molecule has 4 heterocycles. The number of methoxy groups -OCH3 is 1. The molecular weight excluding hydrogens is 699 g/mol. The fourth-order valence-electron chi connectivity index (χ4n) is 5.43. The Morgan fingerprint density at radius 3 is 1.75 bits per heavy atom. The zero-order valence-electron chi connectivity index (χ0n) is 27.3. The minimum atomic E-state index is -4.83. The van der Waals surface area contributed by atoms with E-state index < -0.39 is 86.6 Å². The van der Waals surface area contributed by atoms with Gasteiger partial charge in [-0.25, -0.2) is 14.2 Å². The molecule has 0 bridgehead atoms. The van der Waals surface area contributed by atoms with Crippen molar-refractivity contribution in [2.24, 2.45) is 10.2 Å². The van der Waals surface area contributed by atoms with Gasteiger partial charge in [-0.15, -0.1) is 0 Å². The lowest BCUT2D eigenvalue weighted by molar-refractivity contribution is -0.0759. The van der Waals surface area contributed by atoms with Crippen LogP contribution in [-0.4, -0.2) is 68.8 Å². The average molecular weight is 733 g/mol.